The van der Waals surface area contributed by atoms with Crippen LogP contribution in [0.1, 0.15) is 44.9 Å². The van der Waals surface area contributed by atoms with E-state index in [9.17, 15) is 26.5 Å². The standard InChI is InChI=1S/C18H15S.C11H19ClF2O5S/c1-4-10-16(11-5-1)19(17-12-6-2-7-13-17)18-14-8-3-9-15-18;12-8-6-4-2-1-3-5-7-9-19-10(15)11(13,14)20(16,17)18/h1-15H;1-9H2,(H,16,17,18)/q+1;/p-1. The average molecular weight is 599 g/mol. The van der Waals surface area contributed by atoms with Crippen molar-refractivity contribution in [1.29, 1.82) is 0 Å². The summed E-state index contributed by atoms with van der Waals surface area (Å²) in [6.07, 6.45) is 5.86. The van der Waals surface area contributed by atoms with Gasteiger partial charge in [-0.25, -0.2) is 13.2 Å². The molecule has 0 aliphatic rings. The van der Waals surface area contributed by atoms with Crippen LogP contribution < -0.4 is 0 Å². The summed E-state index contributed by atoms with van der Waals surface area (Å²) in [7, 11) is -6.05. The fraction of sp³-hybridized carbons (Fsp3) is 0.345. The number of halogens is 3. The number of hydrogen-bond donors (Lipinski definition) is 0. The van der Waals surface area contributed by atoms with Gasteiger partial charge in [-0.2, -0.15) is 8.78 Å². The van der Waals surface area contributed by atoms with E-state index in [1.54, 1.807) is 0 Å². The molecule has 0 amide bonds. The van der Waals surface area contributed by atoms with Crippen molar-refractivity contribution in [2.24, 2.45) is 0 Å². The maximum absolute atomic E-state index is 12.7. The quantitative estimate of drug-likeness (QED) is 0.0634. The van der Waals surface area contributed by atoms with E-state index in [0.29, 0.717) is 18.7 Å². The first-order chi connectivity index (χ1) is 18.7. The van der Waals surface area contributed by atoms with Gasteiger partial charge in [0.15, 0.2) is 24.8 Å². The number of rotatable bonds is 14. The van der Waals surface area contributed by atoms with Crippen molar-refractivity contribution in [2.45, 2.75) is 64.9 Å². The molecule has 0 radical (unpaired) electrons. The topological polar surface area (TPSA) is 83.5 Å². The molecule has 0 N–H and O–H groups in total. The molecule has 0 aliphatic carbocycles. The van der Waals surface area contributed by atoms with Gasteiger partial charge in [0.25, 0.3) is 0 Å². The fourth-order valence-corrected chi connectivity index (χ4v) is 6.07. The summed E-state index contributed by atoms with van der Waals surface area (Å²) in [4.78, 5) is 14.8. The Morgan fingerprint density at radius 3 is 1.44 bits per heavy atom. The van der Waals surface area contributed by atoms with Crippen molar-refractivity contribution in [2.75, 3.05) is 12.5 Å². The number of carbonyl (C=O) groups is 1. The maximum atomic E-state index is 12.7. The first-order valence-electron chi connectivity index (χ1n) is 12.6. The fourth-order valence-electron chi connectivity index (χ4n) is 3.51. The Morgan fingerprint density at radius 1 is 0.718 bits per heavy atom. The smallest absolute Gasteiger partial charge is 0.428 e. The SMILES string of the molecule is O=C(OCCCCCCCCCCl)C(F)(F)S(=O)(=O)[O-].c1ccc([S+](c2ccccc2)c2ccccc2)cc1. The lowest BCUT2D eigenvalue weighted by atomic mass is 10.1. The van der Waals surface area contributed by atoms with Crippen LogP contribution in [0.2, 0.25) is 0 Å². The summed E-state index contributed by atoms with van der Waals surface area (Å²) >= 11 is 5.51. The molecule has 0 unspecified atom stereocenters. The van der Waals surface area contributed by atoms with Gasteiger partial charge in [-0.3, -0.25) is 0 Å². The van der Waals surface area contributed by atoms with Crippen LogP contribution in [0.3, 0.4) is 0 Å². The molecule has 212 valence electrons. The minimum atomic E-state index is -6.03. The molecule has 0 aromatic heterocycles. The second kappa shape index (κ2) is 17.3. The van der Waals surface area contributed by atoms with E-state index in [2.05, 4.69) is 95.7 Å². The van der Waals surface area contributed by atoms with Crippen molar-refractivity contribution in [1.82, 2.24) is 0 Å². The third-order valence-electron chi connectivity index (χ3n) is 5.50. The molecule has 0 bridgehead atoms. The van der Waals surface area contributed by atoms with Gasteiger partial charge in [-0.15, -0.1) is 11.6 Å². The van der Waals surface area contributed by atoms with Crippen LogP contribution in [0.15, 0.2) is 106 Å². The summed E-state index contributed by atoms with van der Waals surface area (Å²) in [5.41, 5.74) is 0. The van der Waals surface area contributed by atoms with Gasteiger partial charge in [0.1, 0.15) is 0 Å². The lowest BCUT2D eigenvalue weighted by molar-refractivity contribution is -0.161. The first kappa shape index (κ1) is 32.8. The number of hydrogen-bond acceptors (Lipinski definition) is 5. The van der Waals surface area contributed by atoms with Crippen molar-refractivity contribution in [3.8, 4) is 0 Å². The lowest BCUT2D eigenvalue weighted by Gasteiger charge is -2.17. The Balaban J connectivity index is 0.000000273. The molecule has 0 spiro atoms. The van der Waals surface area contributed by atoms with Crippen LogP contribution in [-0.2, 0) is 30.5 Å². The average Bonchev–Trinajstić information content (AvgIpc) is 2.94. The Kier molecular flexibility index (Phi) is 14.5. The Morgan fingerprint density at radius 2 is 1.08 bits per heavy atom. The van der Waals surface area contributed by atoms with Gasteiger partial charge < -0.3 is 9.29 Å². The molecule has 10 heteroatoms. The highest BCUT2D eigenvalue weighted by atomic mass is 35.5. The minimum Gasteiger partial charge on any atom is -0.743 e. The molecular weight excluding hydrogens is 566 g/mol. The molecular formula is C29H33ClF2O5S2. The molecule has 0 fully saturated rings. The predicted octanol–water partition coefficient (Wildman–Crippen LogP) is 7.42. The van der Waals surface area contributed by atoms with E-state index in [-0.39, 0.29) is 17.5 Å². The second-order valence-electron chi connectivity index (χ2n) is 8.52. The zero-order valence-electron chi connectivity index (χ0n) is 21.5. The van der Waals surface area contributed by atoms with E-state index >= 15 is 0 Å². The van der Waals surface area contributed by atoms with Crippen LogP contribution in [0, 0.1) is 0 Å². The second-order valence-corrected chi connectivity index (χ2v) is 12.3. The van der Waals surface area contributed by atoms with Crippen LogP contribution in [0.4, 0.5) is 8.78 Å². The summed E-state index contributed by atoms with van der Waals surface area (Å²) in [6.45, 7) is -0.328. The van der Waals surface area contributed by atoms with E-state index in [4.69, 9.17) is 11.6 Å². The maximum Gasteiger partial charge on any atom is 0.428 e. The number of benzene rings is 3. The van der Waals surface area contributed by atoms with Gasteiger partial charge in [-0.1, -0.05) is 86.7 Å². The molecule has 3 aromatic carbocycles. The molecule has 0 heterocycles. The number of ether oxygens (including phenoxy) is 1. The van der Waals surface area contributed by atoms with Crippen molar-refractivity contribution in [3.05, 3.63) is 91.0 Å². The Bertz CT molecular complexity index is 1100. The van der Waals surface area contributed by atoms with Crippen LogP contribution >= 0.6 is 11.6 Å². The van der Waals surface area contributed by atoms with Gasteiger partial charge in [-0.05, 0) is 49.2 Å². The van der Waals surface area contributed by atoms with Crippen LogP contribution in [0.5, 0.6) is 0 Å². The third-order valence-corrected chi connectivity index (χ3v) is 8.79. The molecule has 0 saturated carbocycles. The zero-order chi connectivity index (χ0) is 28.6. The Labute approximate surface area is 237 Å². The highest BCUT2D eigenvalue weighted by Gasteiger charge is 2.48. The number of esters is 1. The van der Waals surface area contributed by atoms with Crippen molar-refractivity contribution >= 4 is 38.6 Å². The molecule has 0 atom stereocenters. The predicted molar refractivity (Wildman–Crippen MR) is 150 cm³/mol. The van der Waals surface area contributed by atoms with Crippen LogP contribution in [0.25, 0.3) is 0 Å². The lowest BCUT2D eigenvalue weighted by Crippen LogP contribution is -2.39. The van der Waals surface area contributed by atoms with E-state index in [0.717, 1.165) is 32.1 Å². The highest BCUT2D eigenvalue weighted by molar-refractivity contribution is 7.97. The largest absolute Gasteiger partial charge is 0.743 e. The monoisotopic (exact) mass is 598 g/mol. The van der Waals surface area contributed by atoms with E-state index in [1.165, 1.54) is 14.7 Å². The molecule has 3 rings (SSSR count). The molecule has 5 nitrogen and oxygen atoms in total. The Hall–Kier alpha value is -2.46. The van der Waals surface area contributed by atoms with Crippen molar-refractivity contribution in [3.63, 3.8) is 0 Å². The summed E-state index contributed by atoms with van der Waals surface area (Å²) in [5, 5.41) is -5.02. The highest BCUT2D eigenvalue weighted by Crippen LogP contribution is 2.30. The van der Waals surface area contributed by atoms with Gasteiger partial charge in [0.05, 0.1) is 17.5 Å². The van der Waals surface area contributed by atoms with Crippen LogP contribution in [-0.4, -0.2) is 36.7 Å². The zero-order valence-corrected chi connectivity index (χ0v) is 23.9. The first-order valence-corrected chi connectivity index (χ1v) is 15.8. The molecule has 0 aliphatic heterocycles. The van der Waals surface area contributed by atoms with E-state index < -0.39 is 21.3 Å². The van der Waals surface area contributed by atoms with Gasteiger partial charge >= 0.3 is 11.2 Å². The van der Waals surface area contributed by atoms with Gasteiger partial charge in [0, 0.05) is 5.88 Å². The van der Waals surface area contributed by atoms with E-state index in [1.807, 2.05) is 0 Å². The summed E-state index contributed by atoms with van der Waals surface area (Å²) in [5.74, 6) is -1.68. The van der Waals surface area contributed by atoms with Crippen molar-refractivity contribution < 1.29 is 31.3 Å². The number of carbonyl (C=O) groups excluding carboxylic acids is 1. The number of alkyl halides is 3. The van der Waals surface area contributed by atoms with Gasteiger partial charge in [0.2, 0.25) is 0 Å². The third kappa shape index (κ3) is 11.3. The summed E-state index contributed by atoms with van der Waals surface area (Å²) < 4.78 is 59.9. The molecule has 39 heavy (non-hydrogen) atoms. The molecule has 0 saturated heterocycles. The summed E-state index contributed by atoms with van der Waals surface area (Å²) in [6, 6.07) is 32.2. The normalized spacial score (nSPS) is 11.5. The molecule has 3 aromatic rings. The minimum absolute atomic E-state index is 0.0146. The number of unbranched alkanes of at least 4 members (excludes halogenated alkanes) is 6.